The highest BCUT2D eigenvalue weighted by Crippen LogP contribution is 2.25. The van der Waals surface area contributed by atoms with Crippen LogP contribution in [0, 0.1) is 18.3 Å². The number of rotatable bonds is 6. The number of hydrogen-bond acceptors (Lipinski definition) is 7. The number of pyridine rings is 1. The van der Waals surface area contributed by atoms with Crippen molar-refractivity contribution in [3.05, 3.63) is 56.9 Å². The van der Waals surface area contributed by atoms with Gasteiger partial charge in [-0.3, -0.25) is 14.4 Å². The van der Waals surface area contributed by atoms with E-state index in [0.717, 1.165) is 17.4 Å². The molecule has 0 spiro atoms. The molecule has 1 aromatic heterocycles. The van der Waals surface area contributed by atoms with E-state index in [1.807, 2.05) is 6.07 Å². The molecule has 1 atom stereocenters. The van der Waals surface area contributed by atoms with Gasteiger partial charge in [-0.15, -0.1) is 0 Å². The second-order valence-corrected chi connectivity index (χ2v) is 6.90. The lowest BCUT2D eigenvalue weighted by molar-refractivity contribution is 0.0527. The van der Waals surface area contributed by atoms with Gasteiger partial charge in [-0.25, -0.2) is 4.79 Å². The van der Waals surface area contributed by atoms with Crippen LogP contribution in [0.15, 0.2) is 34.1 Å². The number of nitrogens with zero attached hydrogens (tertiary/aromatic N) is 3. The van der Waals surface area contributed by atoms with Crippen LogP contribution < -0.4 is 5.56 Å². The van der Waals surface area contributed by atoms with Gasteiger partial charge in [0.25, 0.3) is 5.56 Å². The summed E-state index contributed by atoms with van der Waals surface area (Å²) in [6, 6.07) is 8.58. The van der Waals surface area contributed by atoms with Crippen LogP contribution in [0.3, 0.4) is 0 Å². The summed E-state index contributed by atoms with van der Waals surface area (Å²) >= 11 is 0. The van der Waals surface area contributed by atoms with E-state index < -0.39 is 11.5 Å². The van der Waals surface area contributed by atoms with Gasteiger partial charge >= 0.3 is 5.97 Å². The first kappa shape index (κ1) is 21.3. The Bertz CT molecular complexity index is 1080. The molecule has 0 amide bonds. The van der Waals surface area contributed by atoms with E-state index in [0.29, 0.717) is 17.9 Å². The number of carbonyl (C=O) groups excluding carboxylic acids is 1. The minimum atomic E-state index is -0.563. The van der Waals surface area contributed by atoms with Crippen molar-refractivity contribution >= 4 is 17.9 Å². The first-order valence-corrected chi connectivity index (χ1v) is 9.76. The zero-order valence-electron chi connectivity index (χ0n) is 16.9. The maximum Gasteiger partial charge on any atom is 0.340 e. The summed E-state index contributed by atoms with van der Waals surface area (Å²) in [5, 5.41) is 20.3. The number of esters is 1. The van der Waals surface area contributed by atoms with E-state index >= 15 is 0 Å². The number of aliphatic imine (C=N–C) groups is 1. The van der Waals surface area contributed by atoms with Gasteiger partial charge in [0, 0.05) is 12.8 Å². The first-order chi connectivity index (χ1) is 14.5. The van der Waals surface area contributed by atoms with Crippen molar-refractivity contribution in [2.45, 2.75) is 39.3 Å². The Morgan fingerprint density at radius 2 is 2.23 bits per heavy atom. The third kappa shape index (κ3) is 4.26. The lowest BCUT2D eigenvalue weighted by Gasteiger charge is -2.17. The monoisotopic (exact) mass is 409 g/mol. The van der Waals surface area contributed by atoms with Crippen LogP contribution in [-0.2, 0) is 16.0 Å². The van der Waals surface area contributed by atoms with E-state index in [4.69, 9.17) is 9.47 Å². The molecule has 0 bridgehead atoms. The van der Waals surface area contributed by atoms with Gasteiger partial charge in [0.15, 0.2) is 0 Å². The minimum Gasteiger partial charge on any atom is -0.494 e. The molecule has 8 nitrogen and oxygen atoms in total. The minimum absolute atomic E-state index is 0.0640. The molecular weight excluding hydrogens is 386 g/mol. The highest BCUT2D eigenvalue weighted by atomic mass is 16.5. The van der Waals surface area contributed by atoms with E-state index in [9.17, 15) is 20.0 Å². The lowest BCUT2D eigenvalue weighted by Crippen LogP contribution is -2.29. The molecule has 1 aromatic carbocycles. The number of nitriles is 1. The molecule has 2 aromatic rings. The fourth-order valence-electron chi connectivity index (χ4n) is 3.39. The highest BCUT2D eigenvalue weighted by molar-refractivity contribution is 5.97. The molecule has 30 heavy (non-hydrogen) atoms. The molecule has 0 aliphatic carbocycles. The molecular formula is C22H23N3O5. The zero-order chi connectivity index (χ0) is 21.7. The first-order valence-electron chi connectivity index (χ1n) is 9.76. The van der Waals surface area contributed by atoms with Crippen molar-refractivity contribution in [3.8, 4) is 11.9 Å². The van der Waals surface area contributed by atoms with Crippen molar-refractivity contribution in [1.82, 2.24) is 4.57 Å². The van der Waals surface area contributed by atoms with Crippen LogP contribution in [0.4, 0.5) is 5.69 Å². The Kier molecular flexibility index (Phi) is 6.65. The van der Waals surface area contributed by atoms with Crippen LogP contribution in [0.2, 0.25) is 0 Å². The van der Waals surface area contributed by atoms with Crippen LogP contribution in [0.25, 0.3) is 0 Å². The Morgan fingerprint density at radius 3 is 2.90 bits per heavy atom. The SMILES string of the molecule is CCOC(=O)c1ccccc1N=Cc1c(C)c(C#N)c(=O)n(C[C@H]2CCCO2)c1O. The Labute approximate surface area is 174 Å². The maximum atomic E-state index is 12.7. The maximum absolute atomic E-state index is 12.7. The molecule has 3 rings (SSSR count). The molecule has 156 valence electrons. The summed E-state index contributed by atoms with van der Waals surface area (Å²) < 4.78 is 11.8. The second-order valence-electron chi connectivity index (χ2n) is 6.90. The number of carbonyl (C=O) groups is 1. The largest absolute Gasteiger partial charge is 0.494 e. The fraction of sp³-hybridized carbons (Fsp3) is 0.364. The summed E-state index contributed by atoms with van der Waals surface area (Å²) in [7, 11) is 0. The van der Waals surface area contributed by atoms with E-state index in [-0.39, 0.29) is 41.8 Å². The number of para-hydroxylation sites is 1. The van der Waals surface area contributed by atoms with Crippen LogP contribution in [-0.4, -0.2) is 41.2 Å². The Morgan fingerprint density at radius 1 is 1.47 bits per heavy atom. The number of hydrogen-bond donors (Lipinski definition) is 1. The van der Waals surface area contributed by atoms with E-state index in [2.05, 4.69) is 4.99 Å². The van der Waals surface area contributed by atoms with Gasteiger partial charge < -0.3 is 14.6 Å². The third-order valence-electron chi connectivity index (χ3n) is 4.99. The fourth-order valence-corrected chi connectivity index (χ4v) is 3.39. The van der Waals surface area contributed by atoms with Gasteiger partial charge in [-0.1, -0.05) is 12.1 Å². The number of aromatic nitrogens is 1. The lowest BCUT2D eigenvalue weighted by atomic mass is 10.1. The summed E-state index contributed by atoms with van der Waals surface area (Å²) in [5.41, 5.74) is 0.563. The van der Waals surface area contributed by atoms with Crippen molar-refractivity contribution in [2.75, 3.05) is 13.2 Å². The summed E-state index contributed by atoms with van der Waals surface area (Å²) in [6.07, 6.45) is 2.82. The van der Waals surface area contributed by atoms with Gasteiger partial charge in [-0.05, 0) is 44.4 Å². The number of aromatic hydroxyl groups is 1. The van der Waals surface area contributed by atoms with E-state index in [1.54, 1.807) is 38.1 Å². The standard InChI is InChI=1S/C22H23N3O5/c1-3-29-22(28)16-8-4-5-9-19(16)24-12-18-14(2)17(11-23)20(26)25(21(18)27)13-15-7-6-10-30-15/h4-5,8-9,12,15,27H,3,6-7,10,13H2,1-2H3/t15-/m1/s1. The highest BCUT2D eigenvalue weighted by Gasteiger charge is 2.23. The molecule has 8 heteroatoms. The smallest absolute Gasteiger partial charge is 0.340 e. The molecule has 1 fully saturated rings. The number of benzene rings is 1. The summed E-state index contributed by atoms with van der Waals surface area (Å²) in [5.74, 6) is -0.795. The van der Waals surface area contributed by atoms with Crippen molar-refractivity contribution in [3.63, 3.8) is 0 Å². The molecule has 0 unspecified atom stereocenters. The summed E-state index contributed by atoms with van der Waals surface area (Å²) in [4.78, 5) is 29.2. The molecule has 2 heterocycles. The van der Waals surface area contributed by atoms with E-state index in [1.165, 1.54) is 6.21 Å². The second kappa shape index (κ2) is 9.37. The summed E-state index contributed by atoms with van der Waals surface area (Å²) in [6.45, 7) is 4.28. The predicted molar refractivity (Wildman–Crippen MR) is 110 cm³/mol. The van der Waals surface area contributed by atoms with Crippen molar-refractivity contribution in [2.24, 2.45) is 4.99 Å². The van der Waals surface area contributed by atoms with Gasteiger partial charge in [0.05, 0.1) is 36.1 Å². The molecule has 1 N–H and O–H groups in total. The van der Waals surface area contributed by atoms with Crippen molar-refractivity contribution < 1.29 is 19.4 Å². The molecule has 0 saturated carbocycles. The Balaban J connectivity index is 2.05. The Hall–Kier alpha value is -3.44. The van der Waals surface area contributed by atoms with Crippen LogP contribution in [0.1, 0.15) is 46.8 Å². The molecule has 1 aliphatic rings. The third-order valence-corrected chi connectivity index (χ3v) is 4.99. The average Bonchev–Trinajstić information content (AvgIpc) is 3.25. The van der Waals surface area contributed by atoms with Crippen LogP contribution >= 0.6 is 0 Å². The molecule has 1 aliphatic heterocycles. The van der Waals surface area contributed by atoms with Crippen LogP contribution in [0.5, 0.6) is 5.88 Å². The van der Waals surface area contributed by atoms with Gasteiger partial charge in [0.2, 0.25) is 5.88 Å². The topological polar surface area (TPSA) is 114 Å². The predicted octanol–water partition coefficient (Wildman–Crippen LogP) is 2.84. The zero-order valence-corrected chi connectivity index (χ0v) is 16.9. The molecule has 0 radical (unpaired) electrons. The van der Waals surface area contributed by atoms with Gasteiger partial charge in [0.1, 0.15) is 11.6 Å². The van der Waals surface area contributed by atoms with Gasteiger partial charge in [-0.2, -0.15) is 5.26 Å². The molecule has 1 saturated heterocycles. The van der Waals surface area contributed by atoms with Crippen molar-refractivity contribution in [1.29, 1.82) is 5.26 Å². The average molecular weight is 409 g/mol. The quantitative estimate of drug-likeness (QED) is 0.580. The number of ether oxygens (including phenoxy) is 2. The normalized spacial score (nSPS) is 16.0.